The van der Waals surface area contributed by atoms with Crippen LogP contribution in [0.1, 0.15) is 17.2 Å². The van der Waals surface area contributed by atoms with Crippen LogP contribution in [-0.2, 0) is 6.54 Å². The molecule has 116 valence electrons. The number of ether oxygens (including phenoxy) is 3. The Bertz CT molecular complexity index is 644. The Balaban J connectivity index is 1.60. The zero-order valence-electron chi connectivity index (χ0n) is 12.4. The van der Waals surface area contributed by atoms with Crippen molar-refractivity contribution in [1.82, 2.24) is 5.32 Å². The highest BCUT2D eigenvalue weighted by Gasteiger charge is 2.17. The van der Waals surface area contributed by atoms with Crippen molar-refractivity contribution in [2.45, 2.75) is 12.6 Å². The summed E-state index contributed by atoms with van der Waals surface area (Å²) in [6.07, 6.45) is -0.634. The van der Waals surface area contributed by atoms with E-state index in [-0.39, 0.29) is 6.79 Å². The summed E-state index contributed by atoms with van der Waals surface area (Å²) >= 11 is 0. The van der Waals surface area contributed by atoms with E-state index in [0.717, 1.165) is 22.6 Å². The second-order valence-corrected chi connectivity index (χ2v) is 5.04. The van der Waals surface area contributed by atoms with Crippen LogP contribution in [0.3, 0.4) is 0 Å². The molecule has 5 heteroatoms. The van der Waals surface area contributed by atoms with Crippen molar-refractivity contribution in [1.29, 1.82) is 0 Å². The van der Waals surface area contributed by atoms with Gasteiger partial charge in [0, 0.05) is 24.2 Å². The summed E-state index contributed by atoms with van der Waals surface area (Å²) in [6, 6.07) is 13.3. The van der Waals surface area contributed by atoms with Crippen LogP contribution in [0.2, 0.25) is 0 Å². The highest BCUT2D eigenvalue weighted by atomic mass is 16.7. The molecule has 5 nitrogen and oxygen atoms in total. The zero-order valence-corrected chi connectivity index (χ0v) is 12.4. The predicted octanol–water partition coefficient (Wildman–Crippen LogP) is 2.25. The van der Waals surface area contributed by atoms with Gasteiger partial charge in [-0.25, -0.2) is 0 Å². The topological polar surface area (TPSA) is 60.0 Å². The standard InChI is InChI=1S/C17H19NO4/c1-20-15-7-3-2-6-13(15)14(19)10-18-9-12-5-4-8-16-17(12)22-11-21-16/h2-8,14,18-19H,9-11H2,1H3. The molecule has 0 spiro atoms. The molecule has 0 radical (unpaired) electrons. The summed E-state index contributed by atoms with van der Waals surface area (Å²) in [5.41, 5.74) is 1.79. The highest BCUT2D eigenvalue weighted by Crippen LogP contribution is 2.35. The summed E-state index contributed by atoms with van der Waals surface area (Å²) in [5.74, 6) is 2.24. The van der Waals surface area contributed by atoms with Crippen molar-refractivity contribution < 1.29 is 19.3 Å². The SMILES string of the molecule is COc1ccccc1C(O)CNCc1cccc2c1OCO2. The third-order valence-electron chi connectivity index (χ3n) is 3.63. The van der Waals surface area contributed by atoms with Gasteiger partial charge in [-0.3, -0.25) is 0 Å². The van der Waals surface area contributed by atoms with Gasteiger partial charge in [-0.15, -0.1) is 0 Å². The van der Waals surface area contributed by atoms with Crippen molar-refractivity contribution in [3.05, 3.63) is 53.6 Å². The van der Waals surface area contributed by atoms with E-state index >= 15 is 0 Å². The van der Waals surface area contributed by atoms with Crippen LogP contribution >= 0.6 is 0 Å². The lowest BCUT2D eigenvalue weighted by atomic mass is 10.1. The van der Waals surface area contributed by atoms with E-state index in [1.54, 1.807) is 7.11 Å². The molecule has 3 rings (SSSR count). The van der Waals surface area contributed by atoms with Crippen LogP contribution < -0.4 is 19.5 Å². The molecular formula is C17H19NO4. The largest absolute Gasteiger partial charge is 0.496 e. The number of methoxy groups -OCH3 is 1. The molecule has 2 aromatic carbocycles. The van der Waals surface area contributed by atoms with Crippen molar-refractivity contribution >= 4 is 0 Å². The Morgan fingerprint density at radius 3 is 2.91 bits per heavy atom. The van der Waals surface area contributed by atoms with Crippen LogP contribution in [0.4, 0.5) is 0 Å². The highest BCUT2D eigenvalue weighted by molar-refractivity contribution is 5.48. The molecule has 2 aromatic rings. The summed E-state index contributed by atoms with van der Waals surface area (Å²) < 4.78 is 16.1. The zero-order chi connectivity index (χ0) is 15.4. The first-order valence-corrected chi connectivity index (χ1v) is 7.19. The third kappa shape index (κ3) is 3.00. The second kappa shape index (κ2) is 6.68. The Morgan fingerprint density at radius 1 is 1.18 bits per heavy atom. The number of para-hydroxylation sites is 2. The smallest absolute Gasteiger partial charge is 0.231 e. The molecule has 0 saturated carbocycles. The van der Waals surface area contributed by atoms with Crippen molar-refractivity contribution in [3.63, 3.8) is 0 Å². The maximum absolute atomic E-state index is 10.3. The monoisotopic (exact) mass is 301 g/mol. The van der Waals surface area contributed by atoms with Gasteiger partial charge in [0.25, 0.3) is 0 Å². The van der Waals surface area contributed by atoms with Gasteiger partial charge in [-0.05, 0) is 12.1 Å². The maximum Gasteiger partial charge on any atom is 0.231 e. The number of fused-ring (bicyclic) bond motifs is 1. The first-order chi connectivity index (χ1) is 10.8. The van der Waals surface area contributed by atoms with Crippen LogP contribution in [-0.4, -0.2) is 25.6 Å². The minimum absolute atomic E-state index is 0.260. The molecular weight excluding hydrogens is 282 g/mol. The molecule has 0 amide bonds. The van der Waals surface area contributed by atoms with Gasteiger partial charge in [0.2, 0.25) is 6.79 Å². The van der Waals surface area contributed by atoms with Crippen molar-refractivity contribution in [3.8, 4) is 17.2 Å². The number of rotatable bonds is 6. The average molecular weight is 301 g/mol. The first-order valence-electron chi connectivity index (χ1n) is 7.19. The lowest BCUT2D eigenvalue weighted by Gasteiger charge is -2.15. The molecule has 1 heterocycles. The van der Waals surface area contributed by atoms with Gasteiger partial charge < -0.3 is 24.6 Å². The lowest BCUT2D eigenvalue weighted by molar-refractivity contribution is 0.168. The number of hydrogen-bond acceptors (Lipinski definition) is 5. The third-order valence-corrected chi connectivity index (χ3v) is 3.63. The number of aliphatic hydroxyl groups excluding tert-OH is 1. The molecule has 0 aliphatic carbocycles. The van der Waals surface area contributed by atoms with E-state index in [1.165, 1.54) is 0 Å². The van der Waals surface area contributed by atoms with Gasteiger partial charge in [0.1, 0.15) is 5.75 Å². The molecule has 1 aliphatic rings. The molecule has 22 heavy (non-hydrogen) atoms. The van der Waals surface area contributed by atoms with Crippen LogP contribution in [0.5, 0.6) is 17.2 Å². The number of aliphatic hydroxyl groups is 1. The fourth-order valence-corrected chi connectivity index (χ4v) is 2.53. The Labute approximate surface area is 129 Å². The van der Waals surface area contributed by atoms with Gasteiger partial charge >= 0.3 is 0 Å². The average Bonchev–Trinajstić information content (AvgIpc) is 3.04. The van der Waals surface area contributed by atoms with E-state index in [2.05, 4.69) is 5.32 Å². The predicted molar refractivity (Wildman–Crippen MR) is 82.2 cm³/mol. The second-order valence-electron chi connectivity index (χ2n) is 5.04. The molecule has 0 bridgehead atoms. The van der Waals surface area contributed by atoms with Crippen molar-refractivity contribution in [2.75, 3.05) is 20.4 Å². The van der Waals surface area contributed by atoms with E-state index in [0.29, 0.717) is 18.8 Å². The maximum atomic E-state index is 10.3. The fraction of sp³-hybridized carbons (Fsp3) is 0.294. The molecule has 0 saturated heterocycles. The van der Waals surface area contributed by atoms with Crippen LogP contribution in [0.15, 0.2) is 42.5 Å². The minimum atomic E-state index is -0.634. The molecule has 0 aromatic heterocycles. The summed E-state index contributed by atoms with van der Waals surface area (Å²) in [5, 5.41) is 13.5. The lowest BCUT2D eigenvalue weighted by Crippen LogP contribution is -2.21. The van der Waals surface area contributed by atoms with E-state index in [1.807, 2.05) is 42.5 Å². The van der Waals surface area contributed by atoms with Crippen molar-refractivity contribution in [2.24, 2.45) is 0 Å². The number of benzene rings is 2. The van der Waals surface area contributed by atoms with Gasteiger partial charge in [0.15, 0.2) is 11.5 Å². The summed E-state index contributed by atoms with van der Waals surface area (Å²) in [4.78, 5) is 0. The van der Waals surface area contributed by atoms with Gasteiger partial charge in [0.05, 0.1) is 13.2 Å². The van der Waals surface area contributed by atoms with Crippen LogP contribution in [0.25, 0.3) is 0 Å². The quantitative estimate of drug-likeness (QED) is 0.857. The molecule has 1 atom stereocenters. The normalized spacial score (nSPS) is 13.9. The van der Waals surface area contributed by atoms with Crippen LogP contribution in [0, 0.1) is 0 Å². The Hall–Kier alpha value is -2.24. The van der Waals surface area contributed by atoms with E-state index < -0.39 is 6.10 Å². The van der Waals surface area contributed by atoms with Gasteiger partial charge in [-0.2, -0.15) is 0 Å². The molecule has 0 fully saturated rings. The van der Waals surface area contributed by atoms with Gasteiger partial charge in [-0.1, -0.05) is 30.3 Å². The summed E-state index contributed by atoms with van der Waals surface area (Å²) in [7, 11) is 1.60. The molecule has 1 unspecified atom stereocenters. The Kier molecular flexibility index (Phi) is 4.46. The van der Waals surface area contributed by atoms with E-state index in [4.69, 9.17) is 14.2 Å². The fourth-order valence-electron chi connectivity index (χ4n) is 2.53. The minimum Gasteiger partial charge on any atom is -0.496 e. The molecule has 1 aliphatic heterocycles. The number of hydrogen-bond donors (Lipinski definition) is 2. The van der Waals surface area contributed by atoms with E-state index in [9.17, 15) is 5.11 Å². The number of nitrogens with one attached hydrogen (secondary N) is 1. The first kappa shape index (κ1) is 14.7. The summed E-state index contributed by atoms with van der Waals surface area (Å²) in [6.45, 7) is 1.28. The molecule has 2 N–H and O–H groups in total. The Morgan fingerprint density at radius 2 is 2.05 bits per heavy atom.